The summed E-state index contributed by atoms with van der Waals surface area (Å²) in [6.45, 7) is 9.76. The number of methoxy groups -OCH3 is 1. The smallest absolute Gasteiger partial charge is 0.408 e. The molecule has 2 aromatic carbocycles. The number of carbonyl (C=O) groups is 4. The summed E-state index contributed by atoms with van der Waals surface area (Å²) >= 11 is 0. The topological polar surface area (TPSA) is 114 Å². The van der Waals surface area contributed by atoms with Crippen molar-refractivity contribution >= 4 is 35.0 Å². The summed E-state index contributed by atoms with van der Waals surface area (Å²) in [6.07, 6.45) is 3.80. The van der Waals surface area contributed by atoms with Crippen LogP contribution in [0.4, 0.5) is 4.79 Å². The van der Waals surface area contributed by atoms with Gasteiger partial charge in [-0.25, -0.2) is 4.79 Å². The van der Waals surface area contributed by atoms with Crippen LogP contribution in [0.3, 0.4) is 0 Å². The number of aliphatic imine (C=N–C) groups is 1. The van der Waals surface area contributed by atoms with Crippen molar-refractivity contribution < 1.29 is 28.7 Å². The highest BCUT2D eigenvalue weighted by Gasteiger charge is 2.38. The SMILES string of the molecule is COC(=O)C[C@H](C(=O)N1CCC[C@H]1C1=NC=C(c2ccc(-c3ccc(C(=O)CNC(=O)OC(C)(C)C)cc3)cc2)C1)C(C)C. The molecule has 2 aliphatic rings. The molecule has 4 rings (SSSR count). The quantitative estimate of drug-likeness (QED) is 0.261. The summed E-state index contributed by atoms with van der Waals surface area (Å²) < 4.78 is 10.0. The molecule has 44 heavy (non-hydrogen) atoms. The molecular formula is C35H43N3O6. The second-order valence-electron chi connectivity index (χ2n) is 12.7. The average molecular weight is 602 g/mol. The molecule has 2 heterocycles. The molecular weight excluding hydrogens is 558 g/mol. The van der Waals surface area contributed by atoms with Crippen LogP contribution in [0, 0.1) is 11.8 Å². The number of esters is 1. The highest BCUT2D eigenvalue weighted by molar-refractivity contribution is 6.03. The first kappa shape index (κ1) is 32.6. The van der Waals surface area contributed by atoms with Gasteiger partial charge in [-0.2, -0.15) is 0 Å². The van der Waals surface area contributed by atoms with Gasteiger partial charge in [-0.15, -0.1) is 0 Å². The number of ketones is 1. The lowest BCUT2D eigenvalue weighted by Crippen LogP contribution is -2.45. The van der Waals surface area contributed by atoms with E-state index in [1.54, 1.807) is 32.9 Å². The molecule has 9 nitrogen and oxygen atoms in total. The number of carbonyl (C=O) groups excluding carboxylic acids is 4. The van der Waals surface area contributed by atoms with E-state index in [1.165, 1.54) is 7.11 Å². The molecule has 0 unspecified atom stereocenters. The number of rotatable bonds is 10. The molecule has 0 aromatic heterocycles. The first-order valence-electron chi connectivity index (χ1n) is 15.2. The largest absolute Gasteiger partial charge is 0.469 e. The van der Waals surface area contributed by atoms with Crippen LogP contribution < -0.4 is 5.32 Å². The first-order valence-corrected chi connectivity index (χ1v) is 15.2. The van der Waals surface area contributed by atoms with Crippen LogP contribution in [-0.4, -0.2) is 66.2 Å². The van der Waals surface area contributed by atoms with E-state index in [0.29, 0.717) is 18.5 Å². The Kier molecular flexibility index (Phi) is 10.4. The van der Waals surface area contributed by atoms with Gasteiger partial charge in [0.05, 0.1) is 32.0 Å². The van der Waals surface area contributed by atoms with Gasteiger partial charge < -0.3 is 19.7 Å². The van der Waals surface area contributed by atoms with E-state index in [2.05, 4.69) is 17.4 Å². The third-order valence-corrected chi connectivity index (χ3v) is 8.00. The molecule has 1 N–H and O–H groups in total. The van der Waals surface area contributed by atoms with Crippen LogP contribution in [0.5, 0.6) is 0 Å². The maximum absolute atomic E-state index is 13.5. The predicted octanol–water partition coefficient (Wildman–Crippen LogP) is 6.07. The Morgan fingerprint density at radius 3 is 2.18 bits per heavy atom. The molecule has 2 aliphatic heterocycles. The van der Waals surface area contributed by atoms with Crippen molar-refractivity contribution in [2.45, 2.75) is 71.9 Å². The van der Waals surface area contributed by atoms with Crippen molar-refractivity contribution in [3.05, 3.63) is 65.9 Å². The number of allylic oxidation sites excluding steroid dienone is 1. The number of ether oxygens (including phenoxy) is 2. The summed E-state index contributed by atoms with van der Waals surface area (Å²) in [6, 6.07) is 15.4. The molecule has 0 saturated carbocycles. The van der Waals surface area contributed by atoms with Gasteiger partial charge in [0.2, 0.25) is 5.91 Å². The zero-order chi connectivity index (χ0) is 32.0. The number of nitrogens with zero attached hydrogens (tertiary/aromatic N) is 2. The summed E-state index contributed by atoms with van der Waals surface area (Å²) in [4.78, 5) is 56.5. The lowest BCUT2D eigenvalue weighted by Gasteiger charge is -2.30. The van der Waals surface area contributed by atoms with Gasteiger partial charge in [0, 0.05) is 30.4 Å². The van der Waals surface area contributed by atoms with E-state index in [-0.39, 0.29) is 42.6 Å². The molecule has 1 saturated heterocycles. The normalized spacial score (nSPS) is 17.2. The van der Waals surface area contributed by atoms with Gasteiger partial charge in [-0.1, -0.05) is 62.4 Å². The summed E-state index contributed by atoms with van der Waals surface area (Å²) in [5.74, 6) is -0.951. The minimum atomic E-state index is -0.628. The van der Waals surface area contributed by atoms with Gasteiger partial charge in [0.25, 0.3) is 0 Å². The second-order valence-corrected chi connectivity index (χ2v) is 12.7. The lowest BCUT2D eigenvalue weighted by atomic mass is 9.90. The van der Waals surface area contributed by atoms with Gasteiger partial charge in [0.15, 0.2) is 5.78 Å². The molecule has 0 spiro atoms. The van der Waals surface area contributed by atoms with Crippen molar-refractivity contribution in [1.82, 2.24) is 10.2 Å². The number of benzene rings is 2. The minimum absolute atomic E-state index is 0.000394. The Bertz CT molecular complexity index is 1430. The van der Waals surface area contributed by atoms with Crippen molar-refractivity contribution in [3.8, 4) is 11.1 Å². The predicted molar refractivity (Wildman–Crippen MR) is 170 cm³/mol. The Morgan fingerprint density at radius 1 is 0.977 bits per heavy atom. The standard InChI is InChI=1S/C35H43N3O6/c1-22(2)28(19-32(40)43-6)33(41)38-17-7-8-30(38)29-18-27(20-36-29)25-11-9-23(10-12-25)24-13-15-26(16-14-24)31(39)21-37-34(42)44-35(3,4)5/h9-16,20,22,28,30H,7-8,17-19,21H2,1-6H3,(H,37,42)/t28-,30-/m0/s1. The lowest BCUT2D eigenvalue weighted by molar-refractivity contribution is -0.148. The maximum Gasteiger partial charge on any atom is 0.408 e. The van der Waals surface area contributed by atoms with Gasteiger partial charge in [0.1, 0.15) is 5.60 Å². The molecule has 0 radical (unpaired) electrons. The van der Waals surface area contributed by atoms with Gasteiger partial charge in [-0.3, -0.25) is 19.4 Å². The number of Topliss-reactive ketones (excluding diaryl/α,β-unsaturated/α-hetero) is 1. The van der Waals surface area contributed by atoms with Crippen LogP contribution in [0.15, 0.2) is 59.7 Å². The van der Waals surface area contributed by atoms with Crippen molar-refractivity contribution in [1.29, 1.82) is 0 Å². The second kappa shape index (κ2) is 14.0. The van der Waals surface area contributed by atoms with Crippen LogP contribution in [0.25, 0.3) is 16.7 Å². The van der Waals surface area contributed by atoms with Crippen LogP contribution in [0.2, 0.25) is 0 Å². The molecule has 0 aliphatic carbocycles. The average Bonchev–Trinajstić information content (AvgIpc) is 3.68. The number of nitrogens with one attached hydrogen (secondary N) is 1. The number of amides is 2. The molecule has 1 fully saturated rings. The Balaban J connectivity index is 1.34. The Morgan fingerprint density at radius 2 is 1.59 bits per heavy atom. The molecule has 9 heteroatoms. The highest BCUT2D eigenvalue weighted by atomic mass is 16.6. The number of likely N-dealkylation sites (tertiary alicyclic amines) is 1. The monoisotopic (exact) mass is 601 g/mol. The molecule has 2 atom stereocenters. The Hall–Kier alpha value is -4.27. The number of hydrogen-bond donors (Lipinski definition) is 1. The van der Waals surface area contributed by atoms with E-state index >= 15 is 0 Å². The van der Waals surface area contributed by atoms with Crippen molar-refractivity contribution in [3.63, 3.8) is 0 Å². The fourth-order valence-electron chi connectivity index (χ4n) is 5.58. The summed E-state index contributed by atoms with van der Waals surface area (Å²) in [5, 5.41) is 2.50. The first-order chi connectivity index (χ1) is 20.9. The van der Waals surface area contributed by atoms with Crippen molar-refractivity contribution in [2.24, 2.45) is 16.8 Å². The number of alkyl carbamates (subject to hydrolysis) is 1. The van der Waals surface area contributed by atoms with Gasteiger partial charge in [-0.05, 0) is 61.8 Å². The third-order valence-electron chi connectivity index (χ3n) is 8.00. The van der Waals surface area contributed by atoms with E-state index in [4.69, 9.17) is 14.5 Å². The molecule has 234 valence electrons. The van der Waals surface area contributed by atoms with Crippen LogP contribution in [-0.2, 0) is 19.1 Å². The molecule has 2 amide bonds. The zero-order valence-electron chi connectivity index (χ0n) is 26.5. The fourth-order valence-corrected chi connectivity index (χ4v) is 5.58. The summed E-state index contributed by atoms with van der Waals surface area (Å²) in [5.41, 5.74) is 5.00. The molecule has 2 aromatic rings. The van der Waals surface area contributed by atoms with Crippen LogP contribution >= 0.6 is 0 Å². The third kappa shape index (κ3) is 8.21. The van der Waals surface area contributed by atoms with Crippen LogP contribution in [0.1, 0.15) is 76.2 Å². The highest BCUT2D eigenvalue weighted by Crippen LogP contribution is 2.33. The summed E-state index contributed by atoms with van der Waals surface area (Å²) in [7, 11) is 1.35. The number of hydrogen-bond acceptors (Lipinski definition) is 7. The van der Waals surface area contributed by atoms with E-state index < -0.39 is 17.6 Å². The zero-order valence-corrected chi connectivity index (χ0v) is 26.5. The van der Waals surface area contributed by atoms with E-state index in [0.717, 1.165) is 40.8 Å². The fraction of sp³-hybridized carbons (Fsp3) is 0.457. The van der Waals surface area contributed by atoms with Crippen molar-refractivity contribution in [2.75, 3.05) is 20.2 Å². The van der Waals surface area contributed by atoms with Gasteiger partial charge >= 0.3 is 12.1 Å². The van der Waals surface area contributed by atoms with E-state index in [9.17, 15) is 19.2 Å². The minimum Gasteiger partial charge on any atom is -0.469 e. The Labute approximate surface area is 259 Å². The van der Waals surface area contributed by atoms with E-state index in [1.807, 2.05) is 49.2 Å². The molecule has 0 bridgehead atoms. The maximum atomic E-state index is 13.5.